The Morgan fingerprint density at radius 2 is 1.12 bits per heavy atom. The number of halogens is 1. The summed E-state index contributed by atoms with van der Waals surface area (Å²) in [6.45, 7) is 0. The van der Waals surface area contributed by atoms with Crippen molar-refractivity contribution in [1.82, 2.24) is 24.4 Å². The number of nitrogens with zero attached hydrogens (tertiary/aromatic N) is 4. The minimum Gasteiger partial charge on any atom is -0.379 e. The van der Waals surface area contributed by atoms with Crippen LogP contribution in [0.15, 0.2) is 24.8 Å². The van der Waals surface area contributed by atoms with E-state index in [1.165, 1.54) is 0 Å². The highest BCUT2D eigenvalue weighted by Gasteiger charge is 2.19. The Morgan fingerprint density at radius 1 is 0.824 bits per heavy atom. The van der Waals surface area contributed by atoms with Gasteiger partial charge < -0.3 is 29.8 Å². The molecule has 0 fully saturated rings. The largest absolute Gasteiger partial charge is 0.379 e. The third-order valence-corrected chi connectivity index (χ3v) is 8.13. The maximum Gasteiger partial charge on any atom is 0.348 e. The van der Waals surface area contributed by atoms with Gasteiger partial charge in [0.15, 0.2) is 0 Å². The summed E-state index contributed by atoms with van der Waals surface area (Å²) < 4.78 is 8.31. The minimum absolute atomic E-state index is 0. The molecule has 0 bridgehead atoms. The topological polar surface area (TPSA) is 74.0 Å². The molecular formula is C8H23ClN6Si2. The van der Waals surface area contributed by atoms with Crippen LogP contribution in [-0.4, -0.2) is 64.2 Å². The van der Waals surface area contributed by atoms with E-state index in [4.69, 9.17) is 16.5 Å². The summed E-state index contributed by atoms with van der Waals surface area (Å²) in [6.07, 6.45) is 8.03. The Hall–Kier alpha value is -0.676. The number of hydrogen-bond donors (Lipinski definition) is 2. The summed E-state index contributed by atoms with van der Waals surface area (Å²) >= 11 is 5.94. The summed E-state index contributed by atoms with van der Waals surface area (Å²) in [6, 6.07) is 0. The van der Waals surface area contributed by atoms with Crippen molar-refractivity contribution < 1.29 is 0 Å². The molecular weight excluding hydrogens is 272 g/mol. The molecule has 0 saturated carbocycles. The van der Waals surface area contributed by atoms with Gasteiger partial charge in [0.25, 0.3) is 0 Å². The molecule has 17 heavy (non-hydrogen) atoms. The normalized spacial score (nSPS) is 19.6. The lowest BCUT2D eigenvalue weighted by atomic mass is 10.9. The molecule has 0 aliphatic carbocycles. The molecule has 0 aromatic rings. The van der Waals surface area contributed by atoms with E-state index >= 15 is 0 Å². The first-order valence-electron chi connectivity index (χ1n) is 5.07. The van der Waals surface area contributed by atoms with E-state index in [1.54, 1.807) is 0 Å². The van der Waals surface area contributed by atoms with Crippen molar-refractivity contribution in [3.05, 3.63) is 24.8 Å². The van der Waals surface area contributed by atoms with Crippen LogP contribution in [0.3, 0.4) is 0 Å². The predicted octanol–water partition coefficient (Wildman–Crippen LogP) is -0.536. The number of rotatable bonds is 0. The first-order chi connectivity index (χ1) is 7.43. The first-order valence-corrected chi connectivity index (χ1v) is 9.55. The molecule has 0 aromatic heterocycles. The Morgan fingerprint density at radius 3 is 1.24 bits per heavy atom. The standard InChI is InChI=1S/C4H9ClN2Si.C4H11N3Si.H3N/c2*1-6-3-4-7(2)8(6)5;/h3-4,8H,1-2H3;3-4,8H,5H2,1-2H3;1H3. The van der Waals surface area contributed by atoms with Crippen molar-refractivity contribution in [3.63, 3.8) is 0 Å². The highest BCUT2D eigenvalue weighted by atomic mass is 35.6. The molecule has 0 aromatic carbocycles. The monoisotopic (exact) mass is 294 g/mol. The summed E-state index contributed by atoms with van der Waals surface area (Å²) in [5, 5.41) is 5.75. The van der Waals surface area contributed by atoms with Gasteiger partial charge in [-0.15, -0.1) is 11.1 Å². The molecule has 2 aliphatic rings. The van der Waals surface area contributed by atoms with Crippen LogP contribution in [0.25, 0.3) is 0 Å². The van der Waals surface area contributed by atoms with Gasteiger partial charge in [0, 0.05) is 24.8 Å². The minimum atomic E-state index is -1.21. The van der Waals surface area contributed by atoms with E-state index in [0.29, 0.717) is 0 Å². The SMILES string of the molecule is CN1C=CN(C)[SiH]1Cl.CN1C=CN(C)[SiH]1N.N. The van der Waals surface area contributed by atoms with Crippen LogP contribution < -0.4 is 11.5 Å². The quantitative estimate of drug-likeness (QED) is 0.462. The lowest BCUT2D eigenvalue weighted by molar-refractivity contribution is 0.642. The third kappa shape index (κ3) is 4.24. The Bertz CT molecular complexity index is 237. The average Bonchev–Trinajstić information content (AvgIpc) is 2.70. The molecule has 6 nitrogen and oxygen atoms in total. The Kier molecular flexibility index (Phi) is 6.64. The van der Waals surface area contributed by atoms with E-state index in [9.17, 15) is 0 Å². The Balaban J connectivity index is 0.000000284. The fraction of sp³-hybridized carbons (Fsp3) is 0.500. The zero-order valence-electron chi connectivity index (χ0n) is 10.9. The fourth-order valence-corrected chi connectivity index (χ4v) is 3.80. The van der Waals surface area contributed by atoms with Crippen molar-refractivity contribution in [2.75, 3.05) is 28.2 Å². The van der Waals surface area contributed by atoms with Crippen molar-refractivity contribution in [2.24, 2.45) is 5.40 Å². The van der Waals surface area contributed by atoms with Gasteiger partial charge in [-0.3, -0.25) is 0 Å². The second kappa shape index (κ2) is 6.91. The molecule has 9 heteroatoms. The highest BCUT2D eigenvalue weighted by molar-refractivity contribution is 7.04. The van der Waals surface area contributed by atoms with E-state index in [-0.39, 0.29) is 6.15 Å². The van der Waals surface area contributed by atoms with Crippen LogP contribution in [0.5, 0.6) is 0 Å². The second-order valence-electron chi connectivity index (χ2n) is 3.98. The zero-order chi connectivity index (χ0) is 12.3. The maximum absolute atomic E-state index is 5.94. The molecule has 5 N–H and O–H groups in total. The molecule has 0 radical (unpaired) electrons. The van der Waals surface area contributed by atoms with Crippen LogP contribution >= 0.6 is 11.1 Å². The molecule has 2 rings (SSSR count). The van der Waals surface area contributed by atoms with E-state index in [2.05, 4.69) is 18.3 Å². The van der Waals surface area contributed by atoms with Gasteiger partial charge in [-0.1, -0.05) is 0 Å². The highest BCUT2D eigenvalue weighted by Crippen LogP contribution is 2.09. The predicted molar refractivity (Wildman–Crippen MR) is 78.7 cm³/mol. The van der Waals surface area contributed by atoms with Crippen molar-refractivity contribution >= 4 is 28.8 Å². The molecule has 0 unspecified atom stereocenters. The summed E-state index contributed by atoms with van der Waals surface area (Å²) in [7, 11) is 5.64. The average molecular weight is 295 g/mol. The van der Waals surface area contributed by atoms with Gasteiger partial charge in [-0.05, 0) is 28.2 Å². The summed E-state index contributed by atoms with van der Waals surface area (Å²) in [4.78, 5) is 0. The molecule has 2 aliphatic heterocycles. The van der Waals surface area contributed by atoms with E-state index in [1.807, 2.05) is 53.0 Å². The molecule has 0 saturated heterocycles. The van der Waals surface area contributed by atoms with Gasteiger partial charge in [0.2, 0.25) is 0 Å². The van der Waals surface area contributed by atoms with Gasteiger partial charge in [-0.25, -0.2) is 0 Å². The van der Waals surface area contributed by atoms with Crippen LogP contribution in [0.1, 0.15) is 0 Å². The first kappa shape index (κ1) is 16.3. The van der Waals surface area contributed by atoms with Gasteiger partial charge in [0.1, 0.15) is 0 Å². The van der Waals surface area contributed by atoms with Crippen LogP contribution in [0.4, 0.5) is 0 Å². The lowest BCUT2D eigenvalue weighted by Gasteiger charge is -2.19. The molecule has 100 valence electrons. The Labute approximate surface area is 112 Å². The van der Waals surface area contributed by atoms with Gasteiger partial charge in [0.05, 0.1) is 0 Å². The molecule has 0 amide bonds. The third-order valence-electron chi connectivity index (χ3n) is 2.58. The smallest absolute Gasteiger partial charge is 0.348 e. The second-order valence-corrected chi connectivity index (χ2v) is 9.86. The number of nitrogens with two attached hydrogens (primary N) is 1. The van der Waals surface area contributed by atoms with Crippen LogP contribution in [0, 0.1) is 0 Å². The van der Waals surface area contributed by atoms with Crippen molar-refractivity contribution in [1.29, 1.82) is 0 Å². The van der Waals surface area contributed by atoms with Gasteiger partial charge >= 0.3 is 17.7 Å². The molecule has 0 spiro atoms. The van der Waals surface area contributed by atoms with Crippen LogP contribution in [-0.2, 0) is 0 Å². The van der Waals surface area contributed by atoms with E-state index in [0.717, 1.165) is 0 Å². The lowest BCUT2D eigenvalue weighted by Crippen LogP contribution is -2.48. The molecule has 0 atom stereocenters. The molecule has 2 heterocycles. The van der Waals surface area contributed by atoms with Crippen LogP contribution in [0.2, 0.25) is 0 Å². The zero-order valence-corrected chi connectivity index (χ0v) is 14.0. The van der Waals surface area contributed by atoms with Gasteiger partial charge in [-0.2, -0.15) is 0 Å². The van der Waals surface area contributed by atoms with Crippen molar-refractivity contribution in [3.8, 4) is 0 Å². The fourth-order valence-electron chi connectivity index (χ4n) is 1.31. The van der Waals surface area contributed by atoms with Crippen molar-refractivity contribution in [2.45, 2.75) is 0 Å². The van der Waals surface area contributed by atoms with E-state index < -0.39 is 17.7 Å². The summed E-state index contributed by atoms with van der Waals surface area (Å²) in [5.74, 6) is 0. The maximum atomic E-state index is 5.94. The summed E-state index contributed by atoms with van der Waals surface area (Å²) in [5.41, 5.74) is 0. The number of hydrogen-bond acceptors (Lipinski definition) is 6.